The molecular formula is C18H13N3O3. The summed E-state index contributed by atoms with van der Waals surface area (Å²) in [5.74, 6) is 0.0985. The van der Waals surface area contributed by atoms with Crippen LogP contribution in [-0.2, 0) is 11.3 Å². The molecule has 0 unspecified atom stereocenters. The molecule has 0 amide bonds. The number of aromatic nitrogens is 2. The Labute approximate surface area is 138 Å². The molecule has 1 heterocycles. The number of fused-ring (bicyclic) bond motifs is 1. The van der Waals surface area contributed by atoms with Crippen LogP contribution in [0.5, 0.6) is 5.75 Å². The molecule has 0 fully saturated rings. The summed E-state index contributed by atoms with van der Waals surface area (Å²) in [6.45, 7) is 0.251. The van der Waals surface area contributed by atoms with Gasteiger partial charge in [-0.15, -0.1) is 0 Å². The second kappa shape index (κ2) is 6.75. The monoisotopic (exact) mass is 319 g/mol. The first-order valence-corrected chi connectivity index (χ1v) is 7.16. The number of carbonyl (C=O) groups is 1. The van der Waals surface area contributed by atoms with E-state index in [4.69, 9.17) is 14.7 Å². The maximum atomic E-state index is 11.7. The summed E-state index contributed by atoms with van der Waals surface area (Å²) < 4.78 is 10.4. The second-order valence-electron chi connectivity index (χ2n) is 4.98. The molecule has 0 aliphatic rings. The number of nitriles is 1. The third-order valence-corrected chi connectivity index (χ3v) is 3.46. The summed E-state index contributed by atoms with van der Waals surface area (Å²) in [5, 5.41) is 9.06. The third kappa shape index (κ3) is 3.15. The van der Waals surface area contributed by atoms with Crippen molar-refractivity contribution >= 4 is 17.0 Å². The van der Waals surface area contributed by atoms with E-state index in [0.29, 0.717) is 5.75 Å². The lowest BCUT2D eigenvalue weighted by Gasteiger charge is -2.09. The molecular weight excluding hydrogens is 306 g/mol. The highest BCUT2D eigenvalue weighted by Gasteiger charge is 2.12. The fourth-order valence-corrected chi connectivity index (χ4v) is 2.26. The van der Waals surface area contributed by atoms with Crippen LogP contribution in [0.15, 0.2) is 48.8 Å². The summed E-state index contributed by atoms with van der Waals surface area (Å²) in [5.41, 5.74) is 2.78. The van der Waals surface area contributed by atoms with Crippen molar-refractivity contribution in [3.8, 4) is 11.8 Å². The van der Waals surface area contributed by atoms with Gasteiger partial charge in [-0.1, -0.05) is 6.07 Å². The smallest absolute Gasteiger partial charge is 0.339 e. The van der Waals surface area contributed by atoms with Gasteiger partial charge in [0, 0.05) is 18.5 Å². The van der Waals surface area contributed by atoms with E-state index in [2.05, 4.69) is 9.97 Å². The average Bonchev–Trinajstić information content (AvgIpc) is 2.65. The number of benzene rings is 2. The quantitative estimate of drug-likeness (QED) is 0.687. The molecule has 3 rings (SSSR count). The molecule has 0 N–H and O–H groups in total. The molecule has 0 atom stereocenters. The Morgan fingerprint density at radius 2 is 1.92 bits per heavy atom. The molecule has 0 aliphatic carbocycles. The number of hydrogen-bond acceptors (Lipinski definition) is 6. The number of rotatable bonds is 4. The molecule has 0 saturated heterocycles. The second-order valence-corrected chi connectivity index (χ2v) is 4.98. The van der Waals surface area contributed by atoms with Gasteiger partial charge in [-0.25, -0.2) is 4.79 Å². The zero-order valence-corrected chi connectivity index (χ0v) is 12.9. The molecule has 118 valence electrons. The maximum absolute atomic E-state index is 11.7. The zero-order chi connectivity index (χ0) is 16.9. The first-order valence-electron chi connectivity index (χ1n) is 7.16. The molecule has 3 aromatic rings. The summed E-state index contributed by atoms with van der Waals surface area (Å²) in [6, 6.07) is 12.3. The van der Waals surface area contributed by atoms with Crippen molar-refractivity contribution in [1.82, 2.24) is 9.97 Å². The molecule has 0 spiro atoms. The largest absolute Gasteiger partial charge is 0.489 e. The lowest BCUT2D eigenvalue weighted by atomic mass is 10.1. The minimum atomic E-state index is -0.547. The van der Waals surface area contributed by atoms with Crippen molar-refractivity contribution in [2.24, 2.45) is 0 Å². The lowest BCUT2D eigenvalue weighted by Crippen LogP contribution is -2.06. The van der Waals surface area contributed by atoms with E-state index in [1.165, 1.54) is 7.11 Å². The van der Waals surface area contributed by atoms with Crippen molar-refractivity contribution in [1.29, 1.82) is 5.26 Å². The minimum absolute atomic E-state index is 0.227. The van der Waals surface area contributed by atoms with Gasteiger partial charge in [-0.3, -0.25) is 9.97 Å². The molecule has 0 radical (unpaired) electrons. The number of esters is 1. The number of carbonyl (C=O) groups excluding carboxylic acids is 1. The number of ether oxygens (including phenoxy) is 2. The Hall–Kier alpha value is -3.46. The SMILES string of the molecule is COC(=O)c1cc(COc2ccc3nccnc3c2)ccc1C#N. The predicted octanol–water partition coefficient (Wildman–Crippen LogP) is 2.87. The summed E-state index contributed by atoms with van der Waals surface area (Å²) >= 11 is 0. The van der Waals surface area contributed by atoms with Crippen LogP contribution in [0.25, 0.3) is 11.0 Å². The molecule has 2 aromatic carbocycles. The standard InChI is InChI=1S/C18H13N3O3/c1-23-18(22)15-8-12(2-3-13(15)10-19)11-24-14-4-5-16-17(9-14)21-7-6-20-16/h2-9H,11H2,1H3. The zero-order valence-electron chi connectivity index (χ0n) is 12.9. The summed E-state index contributed by atoms with van der Waals surface area (Å²) in [6.07, 6.45) is 3.25. The van der Waals surface area contributed by atoms with E-state index in [1.807, 2.05) is 18.2 Å². The Bertz CT molecular complexity index is 948. The van der Waals surface area contributed by atoms with Gasteiger partial charge in [0.15, 0.2) is 0 Å². The van der Waals surface area contributed by atoms with Crippen molar-refractivity contribution in [3.05, 3.63) is 65.5 Å². The predicted molar refractivity (Wildman–Crippen MR) is 86.4 cm³/mol. The van der Waals surface area contributed by atoms with E-state index in [9.17, 15) is 4.79 Å². The van der Waals surface area contributed by atoms with Gasteiger partial charge in [-0.2, -0.15) is 5.26 Å². The van der Waals surface area contributed by atoms with Gasteiger partial charge in [0.25, 0.3) is 0 Å². The minimum Gasteiger partial charge on any atom is -0.489 e. The maximum Gasteiger partial charge on any atom is 0.339 e. The van der Waals surface area contributed by atoms with Gasteiger partial charge >= 0.3 is 5.97 Å². The molecule has 0 saturated carbocycles. The van der Waals surface area contributed by atoms with Gasteiger partial charge in [0.05, 0.1) is 29.3 Å². The Morgan fingerprint density at radius 3 is 2.67 bits per heavy atom. The normalized spacial score (nSPS) is 10.2. The lowest BCUT2D eigenvalue weighted by molar-refractivity contribution is 0.0600. The molecule has 6 heteroatoms. The van der Waals surface area contributed by atoms with Crippen LogP contribution in [-0.4, -0.2) is 23.0 Å². The van der Waals surface area contributed by atoms with Gasteiger partial charge < -0.3 is 9.47 Å². The van der Waals surface area contributed by atoms with Crippen LogP contribution in [0.4, 0.5) is 0 Å². The van der Waals surface area contributed by atoms with Crippen molar-refractivity contribution in [3.63, 3.8) is 0 Å². The van der Waals surface area contributed by atoms with Gasteiger partial charge in [-0.05, 0) is 29.8 Å². The molecule has 6 nitrogen and oxygen atoms in total. The Morgan fingerprint density at radius 1 is 1.12 bits per heavy atom. The third-order valence-electron chi connectivity index (χ3n) is 3.46. The molecule has 24 heavy (non-hydrogen) atoms. The fraction of sp³-hybridized carbons (Fsp3) is 0.111. The summed E-state index contributed by atoms with van der Waals surface area (Å²) in [4.78, 5) is 20.2. The van der Waals surface area contributed by atoms with Crippen LogP contribution < -0.4 is 4.74 Å². The highest BCUT2D eigenvalue weighted by molar-refractivity contribution is 5.92. The van der Waals surface area contributed by atoms with E-state index in [-0.39, 0.29) is 17.7 Å². The highest BCUT2D eigenvalue weighted by Crippen LogP contribution is 2.19. The van der Waals surface area contributed by atoms with Gasteiger partial charge in [0.1, 0.15) is 18.4 Å². The van der Waals surface area contributed by atoms with E-state index in [0.717, 1.165) is 16.6 Å². The molecule has 0 aliphatic heterocycles. The first kappa shape index (κ1) is 15.4. The fourth-order valence-electron chi connectivity index (χ4n) is 2.26. The average molecular weight is 319 g/mol. The van der Waals surface area contributed by atoms with E-state index in [1.54, 1.807) is 36.7 Å². The van der Waals surface area contributed by atoms with Gasteiger partial charge in [0.2, 0.25) is 0 Å². The van der Waals surface area contributed by atoms with Crippen LogP contribution in [0, 0.1) is 11.3 Å². The van der Waals surface area contributed by atoms with E-state index >= 15 is 0 Å². The number of methoxy groups -OCH3 is 1. The Balaban J connectivity index is 1.80. The van der Waals surface area contributed by atoms with Crippen LogP contribution in [0.2, 0.25) is 0 Å². The van der Waals surface area contributed by atoms with Crippen molar-refractivity contribution < 1.29 is 14.3 Å². The number of hydrogen-bond donors (Lipinski definition) is 0. The van der Waals surface area contributed by atoms with E-state index < -0.39 is 5.97 Å². The van der Waals surface area contributed by atoms with Crippen LogP contribution >= 0.6 is 0 Å². The topological polar surface area (TPSA) is 85.1 Å². The van der Waals surface area contributed by atoms with Crippen LogP contribution in [0.1, 0.15) is 21.5 Å². The number of nitrogens with zero attached hydrogens (tertiary/aromatic N) is 3. The Kier molecular flexibility index (Phi) is 4.34. The van der Waals surface area contributed by atoms with Crippen molar-refractivity contribution in [2.75, 3.05) is 7.11 Å². The molecule has 1 aromatic heterocycles. The van der Waals surface area contributed by atoms with Crippen molar-refractivity contribution in [2.45, 2.75) is 6.61 Å². The molecule has 0 bridgehead atoms. The first-order chi connectivity index (χ1) is 11.7. The summed E-state index contributed by atoms with van der Waals surface area (Å²) in [7, 11) is 1.28. The highest BCUT2D eigenvalue weighted by atomic mass is 16.5. The van der Waals surface area contributed by atoms with Crippen LogP contribution in [0.3, 0.4) is 0 Å².